The lowest BCUT2D eigenvalue weighted by atomic mass is 9.82. The normalized spacial score (nSPS) is 20.6. The fraction of sp³-hybridized carbons (Fsp3) is 0.647. The zero-order valence-corrected chi connectivity index (χ0v) is 12.5. The van der Waals surface area contributed by atoms with E-state index in [4.69, 9.17) is 0 Å². The van der Waals surface area contributed by atoms with E-state index in [1.54, 1.807) is 12.1 Å². The van der Waals surface area contributed by atoms with Gasteiger partial charge in [0.25, 0.3) is 0 Å². The highest BCUT2D eigenvalue weighted by atomic mass is 16.3. The Morgan fingerprint density at radius 3 is 2.37 bits per heavy atom. The average Bonchev–Trinajstić information content (AvgIpc) is 2.87. The number of hydrogen-bond donors (Lipinski definition) is 1. The summed E-state index contributed by atoms with van der Waals surface area (Å²) < 4.78 is 0. The van der Waals surface area contributed by atoms with Crippen molar-refractivity contribution in [3.63, 3.8) is 0 Å². The lowest BCUT2D eigenvalue weighted by Crippen LogP contribution is -2.34. The summed E-state index contributed by atoms with van der Waals surface area (Å²) in [7, 11) is 0. The Balaban J connectivity index is 1.94. The van der Waals surface area contributed by atoms with Crippen molar-refractivity contribution in [1.82, 2.24) is 4.90 Å². The molecule has 2 heteroatoms. The molecule has 1 fully saturated rings. The van der Waals surface area contributed by atoms with Gasteiger partial charge in [0.1, 0.15) is 5.75 Å². The van der Waals surface area contributed by atoms with E-state index in [1.165, 1.54) is 37.9 Å². The molecule has 1 aromatic rings. The number of nitrogens with zero attached hydrogens (tertiary/aromatic N) is 1. The van der Waals surface area contributed by atoms with Gasteiger partial charge in [0.15, 0.2) is 0 Å². The van der Waals surface area contributed by atoms with Gasteiger partial charge in [0.05, 0.1) is 0 Å². The van der Waals surface area contributed by atoms with Gasteiger partial charge < -0.3 is 5.11 Å². The SMILES string of the molecule is CCC1(CC)CCN(C(C)Cc2ccc(O)cc2)C1. The highest BCUT2D eigenvalue weighted by Crippen LogP contribution is 2.38. The van der Waals surface area contributed by atoms with Crippen molar-refractivity contribution in [2.45, 2.75) is 52.5 Å². The molecule has 1 heterocycles. The second kappa shape index (κ2) is 5.96. The first-order chi connectivity index (χ1) is 9.08. The maximum atomic E-state index is 9.32. The molecule has 106 valence electrons. The molecule has 19 heavy (non-hydrogen) atoms. The maximum absolute atomic E-state index is 9.32. The third-order valence-electron chi connectivity index (χ3n) is 5.06. The Morgan fingerprint density at radius 2 is 1.84 bits per heavy atom. The number of hydrogen-bond acceptors (Lipinski definition) is 2. The molecule has 1 unspecified atom stereocenters. The Bertz CT molecular complexity index is 394. The molecule has 0 spiro atoms. The molecule has 2 rings (SSSR count). The van der Waals surface area contributed by atoms with E-state index in [-0.39, 0.29) is 0 Å². The van der Waals surface area contributed by atoms with Crippen LogP contribution in [0.1, 0.15) is 45.6 Å². The lowest BCUT2D eigenvalue weighted by Gasteiger charge is -2.29. The first kappa shape index (κ1) is 14.4. The minimum atomic E-state index is 0.355. The Morgan fingerprint density at radius 1 is 1.21 bits per heavy atom. The Labute approximate surface area is 117 Å². The zero-order chi connectivity index (χ0) is 13.9. The van der Waals surface area contributed by atoms with E-state index in [1.807, 2.05) is 12.1 Å². The van der Waals surface area contributed by atoms with Gasteiger partial charge >= 0.3 is 0 Å². The predicted octanol–water partition coefficient (Wildman–Crippen LogP) is 3.84. The third kappa shape index (κ3) is 3.30. The molecule has 1 N–H and O–H groups in total. The van der Waals surface area contributed by atoms with E-state index in [2.05, 4.69) is 25.7 Å². The summed E-state index contributed by atoms with van der Waals surface area (Å²) in [6, 6.07) is 8.23. The second-order valence-electron chi connectivity index (χ2n) is 6.15. The summed E-state index contributed by atoms with van der Waals surface area (Å²) >= 11 is 0. The standard InChI is InChI=1S/C17H27NO/c1-4-17(5-2)10-11-18(13-17)14(3)12-15-6-8-16(19)9-7-15/h6-9,14,19H,4-5,10-13H2,1-3H3. The molecule has 1 aliphatic rings. The van der Waals surface area contributed by atoms with E-state index < -0.39 is 0 Å². The van der Waals surface area contributed by atoms with Gasteiger partial charge in [0.2, 0.25) is 0 Å². The molecule has 0 aliphatic carbocycles. The number of likely N-dealkylation sites (tertiary alicyclic amines) is 1. The van der Waals surface area contributed by atoms with Crippen molar-refractivity contribution in [2.75, 3.05) is 13.1 Å². The summed E-state index contributed by atoms with van der Waals surface area (Å²) in [5.41, 5.74) is 1.87. The van der Waals surface area contributed by atoms with Gasteiger partial charge in [-0.25, -0.2) is 0 Å². The summed E-state index contributed by atoms with van der Waals surface area (Å²) in [6.07, 6.45) is 5.02. The molecule has 1 saturated heterocycles. The second-order valence-corrected chi connectivity index (χ2v) is 6.15. The first-order valence-electron chi connectivity index (χ1n) is 7.60. The molecule has 1 aromatic carbocycles. The number of phenolic OH excluding ortho intramolecular Hbond substituents is 1. The van der Waals surface area contributed by atoms with Gasteiger partial charge in [-0.15, -0.1) is 0 Å². The van der Waals surface area contributed by atoms with Crippen LogP contribution < -0.4 is 0 Å². The van der Waals surface area contributed by atoms with Crippen molar-refractivity contribution in [3.05, 3.63) is 29.8 Å². The molecule has 2 nitrogen and oxygen atoms in total. The van der Waals surface area contributed by atoms with Crippen LogP contribution in [0, 0.1) is 5.41 Å². The Hall–Kier alpha value is -1.02. The monoisotopic (exact) mass is 261 g/mol. The van der Waals surface area contributed by atoms with E-state index >= 15 is 0 Å². The minimum absolute atomic E-state index is 0.355. The Kier molecular flexibility index (Phi) is 4.51. The van der Waals surface area contributed by atoms with Crippen LogP contribution in [-0.4, -0.2) is 29.1 Å². The maximum Gasteiger partial charge on any atom is 0.115 e. The highest BCUT2D eigenvalue weighted by molar-refractivity contribution is 5.26. The smallest absolute Gasteiger partial charge is 0.115 e. The molecule has 0 saturated carbocycles. The topological polar surface area (TPSA) is 23.5 Å². The predicted molar refractivity (Wildman–Crippen MR) is 80.5 cm³/mol. The largest absolute Gasteiger partial charge is 0.508 e. The van der Waals surface area contributed by atoms with Crippen LogP contribution in [0.25, 0.3) is 0 Å². The van der Waals surface area contributed by atoms with Crippen molar-refractivity contribution < 1.29 is 5.11 Å². The third-order valence-corrected chi connectivity index (χ3v) is 5.06. The summed E-state index contributed by atoms with van der Waals surface area (Å²) in [6.45, 7) is 9.48. The van der Waals surface area contributed by atoms with Crippen LogP contribution in [0.3, 0.4) is 0 Å². The van der Waals surface area contributed by atoms with Crippen LogP contribution >= 0.6 is 0 Å². The minimum Gasteiger partial charge on any atom is -0.508 e. The lowest BCUT2D eigenvalue weighted by molar-refractivity contribution is 0.202. The van der Waals surface area contributed by atoms with Crippen LogP contribution in [0.4, 0.5) is 0 Å². The van der Waals surface area contributed by atoms with Gasteiger partial charge in [-0.2, -0.15) is 0 Å². The highest BCUT2D eigenvalue weighted by Gasteiger charge is 2.36. The van der Waals surface area contributed by atoms with Crippen LogP contribution in [0.5, 0.6) is 5.75 Å². The molecule has 1 aliphatic heterocycles. The van der Waals surface area contributed by atoms with E-state index in [0.717, 1.165) is 6.42 Å². The quantitative estimate of drug-likeness (QED) is 0.870. The fourth-order valence-corrected chi connectivity index (χ4v) is 3.28. The molecule has 1 atom stereocenters. The zero-order valence-electron chi connectivity index (χ0n) is 12.5. The van der Waals surface area contributed by atoms with E-state index in [9.17, 15) is 5.11 Å². The number of phenols is 1. The number of aromatic hydroxyl groups is 1. The fourth-order valence-electron chi connectivity index (χ4n) is 3.28. The first-order valence-corrected chi connectivity index (χ1v) is 7.60. The van der Waals surface area contributed by atoms with E-state index in [0.29, 0.717) is 17.2 Å². The van der Waals surface area contributed by atoms with Gasteiger partial charge in [0, 0.05) is 12.6 Å². The van der Waals surface area contributed by atoms with Gasteiger partial charge in [-0.3, -0.25) is 4.90 Å². The number of rotatable bonds is 5. The van der Waals surface area contributed by atoms with Gasteiger partial charge in [-0.05, 0) is 62.3 Å². The van der Waals surface area contributed by atoms with Gasteiger partial charge in [-0.1, -0.05) is 26.0 Å². The summed E-state index contributed by atoms with van der Waals surface area (Å²) in [4.78, 5) is 2.64. The molecule has 0 aromatic heterocycles. The van der Waals surface area contributed by atoms with Crippen molar-refractivity contribution >= 4 is 0 Å². The van der Waals surface area contributed by atoms with Crippen molar-refractivity contribution in [1.29, 1.82) is 0 Å². The summed E-state index contributed by atoms with van der Waals surface area (Å²) in [5.74, 6) is 0.355. The molecule has 0 bridgehead atoms. The number of benzene rings is 1. The van der Waals surface area contributed by atoms with Crippen molar-refractivity contribution in [3.8, 4) is 5.75 Å². The average molecular weight is 261 g/mol. The van der Waals surface area contributed by atoms with Crippen LogP contribution in [0.2, 0.25) is 0 Å². The molecule has 0 amide bonds. The van der Waals surface area contributed by atoms with Crippen LogP contribution in [-0.2, 0) is 6.42 Å². The summed E-state index contributed by atoms with van der Waals surface area (Å²) in [5, 5.41) is 9.32. The molecule has 0 radical (unpaired) electrons. The van der Waals surface area contributed by atoms with Crippen molar-refractivity contribution in [2.24, 2.45) is 5.41 Å². The van der Waals surface area contributed by atoms with Crippen LogP contribution in [0.15, 0.2) is 24.3 Å². The molecular weight excluding hydrogens is 234 g/mol. The molecular formula is C17H27NO.